The lowest BCUT2D eigenvalue weighted by Gasteiger charge is -2.37. The van der Waals surface area contributed by atoms with Crippen molar-refractivity contribution in [2.24, 2.45) is 11.8 Å². The van der Waals surface area contributed by atoms with E-state index in [4.69, 9.17) is 9.47 Å². The molecule has 6 nitrogen and oxygen atoms in total. The summed E-state index contributed by atoms with van der Waals surface area (Å²) in [7, 11) is 0. The Morgan fingerprint density at radius 3 is 1.56 bits per heavy atom. The monoisotopic (exact) mass is 936 g/mol. The first-order valence-electron chi connectivity index (χ1n) is 26.3. The zero-order valence-corrected chi connectivity index (χ0v) is 41.0. The Morgan fingerprint density at radius 2 is 0.972 bits per heavy atom. The molecule has 2 fully saturated rings. The van der Waals surface area contributed by atoms with Crippen molar-refractivity contribution in [3.63, 3.8) is 0 Å². The van der Waals surface area contributed by atoms with Gasteiger partial charge in [-0.2, -0.15) is 0 Å². The largest absolute Gasteiger partial charge is 0.505 e. The molecule has 7 aromatic carbocycles. The summed E-state index contributed by atoms with van der Waals surface area (Å²) in [6.07, 6.45) is 21.0. The number of rotatable bonds is 12. The smallest absolute Gasteiger partial charge is 0.147 e. The molecule has 2 saturated carbocycles. The van der Waals surface area contributed by atoms with Crippen molar-refractivity contribution in [3.8, 4) is 50.9 Å². The van der Waals surface area contributed by atoms with Crippen LogP contribution in [-0.2, 0) is 0 Å². The molecule has 0 amide bonds. The van der Waals surface area contributed by atoms with Crippen LogP contribution in [0, 0.1) is 25.7 Å². The molecule has 6 heteroatoms. The fourth-order valence-corrected chi connectivity index (χ4v) is 12.9. The van der Waals surface area contributed by atoms with Crippen LogP contribution in [0.2, 0.25) is 0 Å². The minimum absolute atomic E-state index is 0.0685. The van der Waals surface area contributed by atoms with Crippen molar-refractivity contribution in [1.82, 2.24) is 4.57 Å². The maximum atomic E-state index is 12.6. The highest BCUT2D eigenvalue weighted by Crippen LogP contribution is 2.53. The van der Waals surface area contributed by atoms with E-state index in [0.29, 0.717) is 11.8 Å². The molecule has 8 aromatic rings. The van der Waals surface area contributed by atoms with Crippen molar-refractivity contribution in [1.29, 1.82) is 0 Å². The average molecular weight is 937 g/mol. The molecule has 12 rings (SSSR count). The topological polar surface area (TPSA) is 67.1 Å². The second-order valence-electron chi connectivity index (χ2n) is 20.8. The molecule has 2 N–H and O–H groups in total. The summed E-state index contributed by atoms with van der Waals surface area (Å²) >= 11 is 0. The number of hydrogen-bond donors (Lipinski definition) is 2. The van der Waals surface area contributed by atoms with E-state index in [-0.39, 0.29) is 35.7 Å². The highest BCUT2D eigenvalue weighted by molar-refractivity contribution is 6.09. The summed E-state index contributed by atoms with van der Waals surface area (Å²) < 4.78 is 17.2. The predicted molar refractivity (Wildman–Crippen MR) is 291 cm³/mol. The number of fused-ring (bicyclic) bond motifs is 6. The number of aromatic hydroxyl groups is 2. The number of aryl methyl sites for hydroxylation is 2. The maximum Gasteiger partial charge on any atom is 0.147 e. The van der Waals surface area contributed by atoms with Crippen LogP contribution >= 0.6 is 0 Å². The molecule has 3 unspecified atom stereocenters. The molecule has 3 aliphatic carbocycles. The van der Waals surface area contributed by atoms with Crippen molar-refractivity contribution in [3.05, 3.63) is 187 Å². The number of phenols is 2. The number of allylic oxidation sites excluding steroid dienone is 2. The van der Waals surface area contributed by atoms with Crippen LogP contribution in [0.5, 0.6) is 23.0 Å². The van der Waals surface area contributed by atoms with E-state index in [0.717, 1.165) is 116 Å². The quantitative estimate of drug-likeness (QED) is 0.128. The van der Waals surface area contributed by atoms with E-state index in [1.165, 1.54) is 44.1 Å². The van der Waals surface area contributed by atoms with Crippen LogP contribution < -0.4 is 14.4 Å². The number of ether oxygens (including phenoxy) is 2. The second kappa shape index (κ2) is 19.2. The number of nitrogens with zero attached hydrogens (tertiary/aromatic N) is 2. The standard InChI is InChI=1S/C65H64N2O4/c1-42-37-52(64(68)58(39-42)66-54-31-15-9-25-46(54)47-26-10-16-32-55(47)66)50-29-13-19-35-60(50)70-62(44-21-5-3-6-22-44)41-63(45-23-7-4-8-24-45)71-61-36-20-14-30-51(61)53-38-43(2)40-59(65(53)69)67-56-33-17-11-27-48(56)49-28-12-18-34-57(49)67/h9-20,25-40,44-46,54,62-63,68-69H,3-8,21-24,41H2,1-2H3/t46?,54?,62-,63?/m1/s1. The van der Waals surface area contributed by atoms with Gasteiger partial charge in [-0.15, -0.1) is 0 Å². The van der Waals surface area contributed by atoms with Gasteiger partial charge in [0.15, 0.2) is 0 Å². The molecule has 71 heavy (non-hydrogen) atoms. The van der Waals surface area contributed by atoms with Gasteiger partial charge < -0.3 is 29.2 Å². The summed E-state index contributed by atoms with van der Waals surface area (Å²) in [5.41, 5.74) is 11.5. The number of benzene rings is 7. The Bertz CT molecular complexity index is 3260. The van der Waals surface area contributed by atoms with Crippen LogP contribution in [0.3, 0.4) is 0 Å². The first kappa shape index (κ1) is 45.0. The molecule has 4 aliphatic rings. The Hall–Kier alpha value is -7.18. The van der Waals surface area contributed by atoms with Gasteiger partial charge in [-0.05, 0) is 123 Å². The minimum Gasteiger partial charge on any atom is -0.505 e. The first-order chi connectivity index (χ1) is 34.9. The highest BCUT2D eigenvalue weighted by atomic mass is 16.5. The van der Waals surface area contributed by atoms with E-state index in [1.54, 1.807) is 0 Å². The molecule has 1 aliphatic heterocycles. The van der Waals surface area contributed by atoms with E-state index >= 15 is 0 Å². The molecule has 0 bridgehead atoms. The molecule has 1 aromatic heterocycles. The van der Waals surface area contributed by atoms with Gasteiger partial charge in [-0.25, -0.2) is 0 Å². The number of anilines is 2. The SMILES string of the molecule is Cc1cc(-c2ccccc2O[C@H](CC(Oc2ccccc2-c2cc(C)cc(-n3c4ccccc4c4ccccc43)c2O)C2CCCCC2)C2CCCCC2)c(O)c(N2c3ccccc3C3C=CC=CC32)c1. The lowest BCUT2D eigenvalue weighted by Crippen LogP contribution is -2.38. The Morgan fingerprint density at radius 1 is 0.493 bits per heavy atom. The van der Waals surface area contributed by atoms with Crippen LogP contribution in [0.25, 0.3) is 49.7 Å². The normalized spacial score (nSPS) is 18.9. The number of para-hydroxylation sites is 5. The first-order valence-corrected chi connectivity index (χ1v) is 26.3. The third kappa shape index (κ3) is 8.35. The summed E-state index contributed by atoms with van der Waals surface area (Å²) in [5, 5.41) is 27.4. The van der Waals surface area contributed by atoms with Crippen LogP contribution in [-0.4, -0.2) is 33.0 Å². The third-order valence-electron chi connectivity index (χ3n) is 16.2. The van der Waals surface area contributed by atoms with Crippen LogP contribution in [0.4, 0.5) is 11.4 Å². The summed E-state index contributed by atoms with van der Waals surface area (Å²) in [5.74, 6) is 3.01. The molecule has 358 valence electrons. The van der Waals surface area contributed by atoms with Gasteiger partial charge in [0.25, 0.3) is 0 Å². The summed E-state index contributed by atoms with van der Waals surface area (Å²) in [4.78, 5) is 2.33. The molecule has 0 radical (unpaired) electrons. The maximum absolute atomic E-state index is 12.6. The zero-order valence-electron chi connectivity index (χ0n) is 41.0. The summed E-state index contributed by atoms with van der Waals surface area (Å²) in [6.45, 7) is 4.24. The molecule has 0 saturated heterocycles. The fourth-order valence-electron chi connectivity index (χ4n) is 12.9. The second-order valence-corrected chi connectivity index (χ2v) is 20.8. The Balaban J connectivity index is 0.908. The van der Waals surface area contributed by atoms with Gasteiger partial charge in [0.05, 0.1) is 28.5 Å². The average Bonchev–Trinajstić information content (AvgIpc) is 3.93. The van der Waals surface area contributed by atoms with Gasteiger partial charge >= 0.3 is 0 Å². The van der Waals surface area contributed by atoms with Crippen LogP contribution in [0.15, 0.2) is 170 Å². The van der Waals surface area contributed by atoms with Gasteiger partial charge in [0.1, 0.15) is 35.2 Å². The molecule has 2 heterocycles. The van der Waals surface area contributed by atoms with Crippen molar-refractivity contribution in [2.75, 3.05) is 4.90 Å². The lowest BCUT2D eigenvalue weighted by molar-refractivity contribution is 0.0256. The molecule has 4 atom stereocenters. The number of aromatic nitrogens is 1. The fraction of sp³-hybridized carbons (Fsp3) is 0.292. The Kier molecular flexibility index (Phi) is 12.2. The van der Waals surface area contributed by atoms with Gasteiger partial charge in [0.2, 0.25) is 0 Å². The van der Waals surface area contributed by atoms with Gasteiger partial charge in [-0.3, -0.25) is 0 Å². The Labute approximate surface area is 418 Å². The molecule has 0 spiro atoms. The lowest BCUT2D eigenvalue weighted by atomic mass is 9.78. The zero-order chi connectivity index (χ0) is 48.0. The van der Waals surface area contributed by atoms with Crippen molar-refractivity contribution >= 4 is 33.2 Å². The number of hydrogen-bond acceptors (Lipinski definition) is 5. The highest BCUT2D eigenvalue weighted by Gasteiger charge is 2.39. The van der Waals surface area contributed by atoms with Crippen molar-refractivity contribution in [2.45, 2.75) is 109 Å². The number of phenolic OH excluding ortho intramolecular Hbond substituents is 2. The van der Waals surface area contributed by atoms with E-state index < -0.39 is 0 Å². The molecular formula is C65H64N2O4. The van der Waals surface area contributed by atoms with E-state index in [2.05, 4.69) is 193 Å². The van der Waals surface area contributed by atoms with Gasteiger partial charge in [0, 0.05) is 51.1 Å². The van der Waals surface area contributed by atoms with Gasteiger partial charge in [-0.1, -0.05) is 154 Å². The van der Waals surface area contributed by atoms with E-state index in [1.807, 2.05) is 0 Å². The van der Waals surface area contributed by atoms with Crippen molar-refractivity contribution < 1.29 is 19.7 Å². The minimum atomic E-state index is -0.112. The van der Waals surface area contributed by atoms with Crippen LogP contribution in [0.1, 0.15) is 93.2 Å². The predicted octanol–water partition coefficient (Wildman–Crippen LogP) is 16.6. The van der Waals surface area contributed by atoms with E-state index in [9.17, 15) is 10.2 Å². The third-order valence-corrected chi connectivity index (χ3v) is 16.2. The summed E-state index contributed by atoms with van der Waals surface area (Å²) in [6, 6.07) is 50.7. The molecular weight excluding hydrogens is 873 g/mol.